The molecular weight excluding hydrogens is 406 g/mol. The first-order valence-electron chi connectivity index (χ1n) is 8.47. The van der Waals surface area contributed by atoms with Crippen molar-refractivity contribution in [3.63, 3.8) is 0 Å². The average molecular weight is 422 g/mol. The fourth-order valence-corrected chi connectivity index (χ4v) is 2.87. The highest BCUT2D eigenvalue weighted by Gasteiger charge is 2.23. The second-order valence-electron chi connectivity index (χ2n) is 6.15. The first-order chi connectivity index (χ1) is 14.2. The third-order valence-electron chi connectivity index (χ3n) is 4.24. The van der Waals surface area contributed by atoms with Crippen molar-refractivity contribution in [3.05, 3.63) is 51.3 Å². The number of nitrogens with zero attached hydrogens (tertiary/aromatic N) is 4. The molecule has 0 aliphatic rings. The van der Waals surface area contributed by atoms with Crippen molar-refractivity contribution < 1.29 is 32.7 Å². The van der Waals surface area contributed by atoms with Gasteiger partial charge in [0.15, 0.2) is 17.1 Å². The molecule has 0 aliphatic heterocycles. The number of carbonyl (C=O) groups is 1. The third-order valence-corrected chi connectivity index (χ3v) is 4.24. The molecule has 0 amide bonds. The molecule has 0 saturated carbocycles. The molecule has 1 aromatic carbocycles. The highest BCUT2D eigenvalue weighted by Crippen LogP contribution is 2.36. The van der Waals surface area contributed by atoms with Crippen molar-refractivity contribution in [1.29, 1.82) is 0 Å². The summed E-state index contributed by atoms with van der Waals surface area (Å²) in [6.45, 7) is -1.93. The molecule has 0 bridgehead atoms. The van der Waals surface area contributed by atoms with Gasteiger partial charge < -0.3 is 14.2 Å². The van der Waals surface area contributed by atoms with E-state index in [0.717, 1.165) is 12.1 Å². The second kappa shape index (κ2) is 8.27. The lowest BCUT2D eigenvalue weighted by molar-refractivity contribution is -0.386. The Kier molecular flexibility index (Phi) is 5.76. The van der Waals surface area contributed by atoms with Crippen LogP contribution in [0.25, 0.3) is 11.0 Å². The topological polar surface area (TPSA) is 119 Å². The van der Waals surface area contributed by atoms with Crippen molar-refractivity contribution in [1.82, 2.24) is 14.8 Å². The van der Waals surface area contributed by atoms with E-state index in [9.17, 15) is 23.7 Å². The van der Waals surface area contributed by atoms with Crippen LogP contribution >= 0.6 is 0 Å². The number of rotatable bonds is 7. The number of benzene rings is 1. The number of aryl methyl sites for hydroxylation is 2. The largest absolute Gasteiger partial charge is 0.493 e. The Bertz CT molecular complexity index is 1130. The molecule has 0 atom stereocenters. The summed E-state index contributed by atoms with van der Waals surface area (Å²) < 4.78 is 41.0. The molecule has 0 aliphatic carbocycles. The molecule has 0 saturated heterocycles. The molecule has 0 N–H and O–H groups in total. The normalized spacial score (nSPS) is 11.0. The van der Waals surface area contributed by atoms with E-state index in [2.05, 4.69) is 14.8 Å². The summed E-state index contributed by atoms with van der Waals surface area (Å²) in [5, 5.41) is 16.2. The summed E-state index contributed by atoms with van der Waals surface area (Å²) in [5.41, 5.74) is 0.768. The van der Waals surface area contributed by atoms with E-state index in [4.69, 9.17) is 9.47 Å². The van der Waals surface area contributed by atoms with Gasteiger partial charge in [-0.05, 0) is 19.1 Å². The number of methoxy groups -OCH3 is 1. The summed E-state index contributed by atoms with van der Waals surface area (Å²) in [6.07, 6.45) is 1.31. The van der Waals surface area contributed by atoms with Crippen LogP contribution in [0, 0.1) is 17.0 Å². The van der Waals surface area contributed by atoms with E-state index in [1.165, 1.54) is 13.3 Å². The fraction of sp³-hybridized carbons (Fsp3) is 0.278. The van der Waals surface area contributed by atoms with Gasteiger partial charge in [0.2, 0.25) is 0 Å². The molecule has 10 nitrogen and oxygen atoms in total. The molecule has 0 spiro atoms. The Balaban J connectivity index is 1.86. The Morgan fingerprint density at radius 1 is 1.30 bits per heavy atom. The zero-order valence-corrected chi connectivity index (χ0v) is 16.1. The molecule has 12 heteroatoms. The number of fused-ring (bicyclic) bond motifs is 1. The van der Waals surface area contributed by atoms with Gasteiger partial charge >= 0.3 is 12.6 Å². The number of nitro groups is 1. The maximum absolute atomic E-state index is 12.5. The highest BCUT2D eigenvalue weighted by atomic mass is 19.3. The minimum atomic E-state index is -3.19. The van der Waals surface area contributed by atoms with Crippen LogP contribution in [0.1, 0.15) is 21.6 Å². The van der Waals surface area contributed by atoms with E-state index < -0.39 is 35.5 Å². The van der Waals surface area contributed by atoms with Crippen LogP contribution in [0.15, 0.2) is 24.4 Å². The predicted molar refractivity (Wildman–Crippen MR) is 98.6 cm³/mol. The molecule has 30 heavy (non-hydrogen) atoms. The Morgan fingerprint density at radius 3 is 2.67 bits per heavy atom. The average Bonchev–Trinajstić information content (AvgIpc) is 2.99. The van der Waals surface area contributed by atoms with Crippen LogP contribution in [0.4, 0.5) is 14.5 Å². The van der Waals surface area contributed by atoms with E-state index in [1.54, 1.807) is 24.7 Å². The summed E-state index contributed by atoms with van der Waals surface area (Å²) in [7, 11) is 2.90. The van der Waals surface area contributed by atoms with Crippen LogP contribution in [0.5, 0.6) is 11.5 Å². The number of esters is 1. The first kappa shape index (κ1) is 20.9. The van der Waals surface area contributed by atoms with E-state index in [1.807, 2.05) is 0 Å². The number of hydrogen-bond acceptors (Lipinski definition) is 8. The molecule has 0 unspecified atom stereocenters. The van der Waals surface area contributed by atoms with Crippen molar-refractivity contribution in [2.24, 2.45) is 7.05 Å². The molecule has 158 valence electrons. The smallest absolute Gasteiger partial charge is 0.387 e. The summed E-state index contributed by atoms with van der Waals surface area (Å²) in [6, 6.07) is 3.46. The third kappa shape index (κ3) is 4.11. The lowest BCUT2D eigenvalue weighted by Gasteiger charge is -2.12. The van der Waals surface area contributed by atoms with Gasteiger partial charge in [0.25, 0.3) is 5.69 Å². The van der Waals surface area contributed by atoms with E-state index in [-0.39, 0.29) is 16.9 Å². The Morgan fingerprint density at radius 2 is 2.03 bits per heavy atom. The van der Waals surface area contributed by atoms with Gasteiger partial charge in [-0.2, -0.15) is 13.9 Å². The Labute approximate surface area is 168 Å². The van der Waals surface area contributed by atoms with Crippen LogP contribution in [-0.2, 0) is 18.4 Å². The maximum atomic E-state index is 12.5. The first-order valence-corrected chi connectivity index (χ1v) is 8.47. The van der Waals surface area contributed by atoms with E-state index in [0.29, 0.717) is 16.7 Å². The maximum Gasteiger partial charge on any atom is 0.387 e. The number of halogens is 2. The van der Waals surface area contributed by atoms with Gasteiger partial charge in [-0.25, -0.2) is 9.78 Å². The van der Waals surface area contributed by atoms with Crippen LogP contribution in [0.3, 0.4) is 0 Å². The number of pyridine rings is 1. The van der Waals surface area contributed by atoms with Gasteiger partial charge in [-0.3, -0.25) is 14.8 Å². The lowest BCUT2D eigenvalue weighted by atomic mass is 10.1. The predicted octanol–water partition coefficient (Wildman–Crippen LogP) is 3.15. The van der Waals surface area contributed by atoms with Gasteiger partial charge in [-0.15, -0.1) is 0 Å². The Hall–Kier alpha value is -3.83. The van der Waals surface area contributed by atoms with Crippen LogP contribution in [-0.4, -0.2) is 39.4 Å². The zero-order chi connectivity index (χ0) is 22.0. The standard InChI is InChI=1S/C18H16F2N4O6/c1-9-12-4-10(7-21-16(12)23(2)22-9)17(25)29-8-11-5-14(28-3)15(30-18(19)20)6-13(11)24(26)27/h4-7,18H,8H2,1-3H3. The van der Waals surface area contributed by atoms with Crippen molar-refractivity contribution in [3.8, 4) is 11.5 Å². The molecule has 2 heterocycles. The minimum absolute atomic E-state index is 0.0570. The number of nitro benzene ring substituents is 1. The number of hydrogen-bond donors (Lipinski definition) is 0. The van der Waals surface area contributed by atoms with Crippen molar-refractivity contribution >= 4 is 22.7 Å². The molecule has 3 aromatic rings. The van der Waals surface area contributed by atoms with Gasteiger partial charge in [0.1, 0.15) is 6.61 Å². The number of aromatic nitrogens is 3. The molecule has 3 rings (SSSR count). The zero-order valence-electron chi connectivity index (χ0n) is 16.1. The summed E-state index contributed by atoms with van der Waals surface area (Å²) in [5.74, 6) is -1.44. The molecule has 0 fully saturated rings. The number of carbonyl (C=O) groups excluding carboxylic acids is 1. The van der Waals surface area contributed by atoms with Gasteiger partial charge in [-0.1, -0.05) is 0 Å². The highest BCUT2D eigenvalue weighted by molar-refractivity contribution is 5.93. The van der Waals surface area contributed by atoms with Crippen LogP contribution in [0.2, 0.25) is 0 Å². The van der Waals surface area contributed by atoms with Crippen molar-refractivity contribution in [2.45, 2.75) is 20.1 Å². The van der Waals surface area contributed by atoms with Crippen LogP contribution < -0.4 is 9.47 Å². The van der Waals surface area contributed by atoms with Gasteiger partial charge in [0.05, 0.1) is 34.9 Å². The monoisotopic (exact) mass is 422 g/mol. The van der Waals surface area contributed by atoms with Crippen molar-refractivity contribution in [2.75, 3.05) is 7.11 Å². The van der Waals surface area contributed by atoms with E-state index >= 15 is 0 Å². The fourth-order valence-electron chi connectivity index (χ4n) is 2.87. The molecular formula is C18H16F2N4O6. The second-order valence-corrected chi connectivity index (χ2v) is 6.15. The van der Waals surface area contributed by atoms with Gasteiger partial charge in [0, 0.05) is 18.6 Å². The summed E-state index contributed by atoms with van der Waals surface area (Å²) >= 11 is 0. The molecule has 2 aromatic heterocycles. The number of ether oxygens (including phenoxy) is 3. The quantitative estimate of drug-likeness (QED) is 0.324. The minimum Gasteiger partial charge on any atom is -0.493 e. The SMILES string of the molecule is COc1cc(COC(=O)c2cnc3c(c2)c(C)nn3C)c([N+](=O)[O-])cc1OC(F)F. The molecule has 0 radical (unpaired) electrons. The number of alkyl halides is 2. The lowest BCUT2D eigenvalue weighted by Crippen LogP contribution is -2.09. The summed E-state index contributed by atoms with van der Waals surface area (Å²) in [4.78, 5) is 27.1.